The first-order valence-electron chi connectivity index (χ1n) is 6.68. The van der Waals surface area contributed by atoms with E-state index in [9.17, 15) is 5.11 Å². The Balaban J connectivity index is 1.57. The first-order valence-corrected chi connectivity index (χ1v) is 6.68. The van der Waals surface area contributed by atoms with Crippen molar-refractivity contribution in [2.45, 2.75) is 51.0 Å². The van der Waals surface area contributed by atoms with Gasteiger partial charge in [-0.3, -0.25) is 4.90 Å². The van der Waals surface area contributed by atoms with E-state index in [1.807, 2.05) is 0 Å². The zero-order chi connectivity index (χ0) is 10.3. The molecule has 0 aromatic carbocycles. The highest BCUT2D eigenvalue weighted by molar-refractivity contribution is 5.03. The Morgan fingerprint density at radius 2 is 1.80 bits per heavy atom. The molecule has 3 fully saturated rings. The monoisotopic (exact) mass is 209 g/mol. The summed E-state index contributed by atoms with van der Waals surface area (Å²) >= 11 is 0. The van der Waals surface area contributed by atoms with Crippen LogP contribution in [-0.4, -0.2) is 35.7 Å². The minimum atomic E-state index is 0.411. The van der Waals surface area contributed by atoms with Gasteiger partial charge in [-0.05, 0) is 37.0 Å². The molecule has 2 aliphatic carbocycles. The smallest absolute Gasteiger partial charge is 0.0474 e. The van der Waals surface area contributed by atoms with Crippen LogP contribution in [0.25, 0.3) is 0 Å². The van der Waals surface area contributed by atoms with Gasteiger partial charge in [-0.2, -0.15) is 0 Å². The molecule has 86 valence electrons. The van der Waals surface area contributed by atoms with Crippen LogP contribution in [0.15, 0.2) is 0 Å². The van der Waals surface area contributed by atoms with Crippen LogP contribution >= 0.6 is 0 Å². The van der Waals surface area contributed by atoms with Crippen LogP contribution in [0.5, 0.6) is 0 Å². The van der Waals surface area contributed by atoms with E-state index in [2.05, 4.69) is 4.90 Å². The summed E-state index contributed by atoms with van der Waals surface area (Å²) in [6.07, 6.45) is 9.71. The average molecular weight is 209 g/mol. The second-order valence-corrected chi connectivity index (χ2v) is 6.05. The molecule has 0 radical (unpaired) electrons. The highest BCUT2D eigenvalue weighted by Crippen LogP contribution is 2.50. The Morgan fingerprint density at radius 1 is 1.07 bits per heavy atom. The summed E-state index contributed by atoms with van der Waals surface area (Å²) in [5.41, 5.74) is 0.747. The van der Waals surface area contributed by atoms with Crippen LogP contribution in [0.1, 0.15) is 44.9 Å². The van der Waals surface area contributed by atoms with Crippen molar-refractivity contribution in [3.63, 3.8) is 0 Å². The van der Waals surface area contributed by atoms with Crippen LogP contribution in [0.2, 0.25) is 0 Å². The summed E-state index contributed by atoms with van der Waals surface area (Å²) < 4.78 is 0. The second kappa shape index (κ2) is 3.74. The Bertz CT molecular complexity index is 229. The summed E-state index contributed by atoms with van der Waals surface area (Å²) in [7, 11) is 0. The standard InChI is InChI=1S/C13H23NO/c15-8-11-4-1-2-5-12(11)14-9-13(10-14)6-3-7-13/h11-12,15H,1-10H2. The lowest BCUT2D eigenvalue weighted by Gasteiger charge is -2.60. The van der Waals surface area contributed by atoms with Crippen LogP contribution in [0.4, 0.5) is 0 Å². The van der Waals surface area contributed by atoms with Crippen molar-refractivity contribution in [2.75, 3.05) is 19.7 Å². The first-order chi connectivity index (χ1) is 7.33. The number of aliphatic hydroxyl groups is 1. The summed E-state index contributed by atoms with van der Waals surface area (Å²) in [5.74, 6) is 0.580. The third-order valence-corrected chi connectivity index (χ3v) is 5.06. The van der Waals surface area contributed by atoms with Crippen molar-refractivity contribution >= 4 is 0 Å². The van der Waals surface area contributed by atoms with Crippen LogP contribution in [-0.2, 0) is 0 Å². The molecule has 15 heavy (non-hydrogen) atoms. The maximum atomic E-state index is 9.40. The zero-order valence-corrected chi connectivity index (χ0v) is 9.62. The Labute approximate surface area is 92.7 Å². The molecule has 1 spiro atoms. The van der Waals surface area contributed by atoms with E-state index < -0.39 is 0 Å². The molecule has 0 bridgehead atoms. The van der Waals surface area contributed by atoms with Crippen molar-refractivity contribution in [1.29, 1.82) is 0 Å². The predicted molar refractivity (Wildman–Crippen MR) is 60.7 cm³/mol. The van der Waals surface area contributed by atoms with Crippen molar-refractivity contribution in [1.82, 2.24) is 4.90 Å². The summed E-state index contributed by atoms with van der Waals surface area (Å²) in [4.78, 5) is 2.67. The molecule has 1 aliphatic heterocycles. The maximum absolute atomic E-state index is 9.40. The molecule has 1 heterocycles. The molecular formula is C13H23NO. The van der Waals surface area contributed by atoms with Crippen LogP contribution in [0, 0.1) is 11.3 Å². The lowest BCUT2D eigenvalue weighted by molar-refractivity contribution is -0.106. The number of hydrogen-bond donors (Lipinski definition) is 1. The van der Waals surface area contributed by atoms with E-state index in [1.54, 1.807) is 0 Å². The van der Waals surface area contributed by atoms with Crippen LogP contribution in [0.3, 0.4) is 0 Å². The highest BCUT2D eigenvalue weighted by Gasteiger charge is 2.50. The van der Waals surface area contributed by atoms with Gasteiger partial charge in [-0.25, -0.2) is 0 Å². The summed E-state index contributed by atoms with van der Waals surface area (Å²) in [5, 5.41) is 9.40. The quantitative estimate of drug-likeness (QED) is 0.752. The van der Waals surface area contributed by atoms with Gasteiger partial charge < -0.3 is 5.11 Å². The second-order valence-electron chi connectivity index (χ2n) is 6.05. The normalized spacial score (nSPS) is 39.8. The number of rotatable bonds is 2. The Morgan fingerprint density at radius 3 is 2.40 bits per heavy atom. The fourth-order valence-corrected chi connectivity index (χ4v) is 3.92. The number of hydrogen-bond acceptors (Lipinski definition) is 2. The van der Waals surface area contributed by atoms with Gasteiger partial charge in [0.2, 0.25) is 0 Å². The molecule has 2 unspecified atom stereocenters. The molecule has 0 aromatic heterocycles. The van der Waals surface area contributed by atoms with E-state index in [4.69, 9.17) is 0 Å². The minimum absolute atomic E-state index is 0.411. The minimum Gasteiger partial charge on any atom is -0.396 e. The van der Waals surface area contributed by atoms with Crippen molar-refractivity contribution in [3.05, 3.63) is 0 Å². The maximum Gasteiger partial charge on any atom is 0.0474 e. The van der Waals surface area contributed by atoms with Gasteiger partial charge >= 0.3 is 0 Å². The SMILES string of the molecule is OCC1CCCCC1N1CC2(CCC2)C1. The van der Waals surface area contributed by atoms with E-state index in [1.165, 1.54) is 58.0 Å². The van der Waals surface area contributed by atoms with Gasteiger partial charge in [0, 0.05) is 25.7 Å². The molecule has 1 saturated heterocycles. The van der Waals surface area contributed by atoms with Crippen molar-refractivity contribution in [2.24, 2.45) is 11.3 Å². The molecule has 2 saturated carbocycles. The molecule has 0 aromatic rings. The van der Waals surface area contributed by atoms with E-state index in [-0.39, 0.29) is 0 Å². The predicted octanol–water partition coefficient (Wildman–Crippen LogP) is 2.02. The molecule has 2 nitrogen and oxygen atoms in total. The molecule has 3 rings (SSSR count). The molecule has 1 N–H and O–H groups in total. The number of nitrogens with zero attached hydrogens (tertiary/aromatic N) is 1. The van der Waals surface area contributed by atoms with Gasteiger partial charge in [-0.15, -0.1) is 0 Å². The summed E-state index contributed by atoms with van der Waals surface area (Å²) in [6.45, 7) is 3.09. The third kappa shape index (κ3) is 1.62. The largest absolute Gasteiger partial charge is 0.396 e. The molecule has 2 heteroatoms. The van der Waals surface area contributed by atoms with Crippen molar-refractivity contribution < 1.29 is 5.11 Å². The molecule has 3 aliphatic rings. The topological polar surface area (TPSA) is 23.5 Å². The van der Waals surface area contributed by atoms with Gasteiger partial charge in [0.1, 0.15) is 0 Å². The number of aliphatic hydroxyl groups excluding tert-OH is 1. The lowest BCUT2D eigenvalue weighted by atomic mass is 9.62. The lowest BCUT2D eigenvalue weighted by Crippen LogP contribution is -2.64. The third-order valence-electron chi connectivity index (χ3n) is 5.06. The average Bonchev–Trinajstić information content (AvgIpc) is 2.14. The number of likely N-dealkylation sites (tertiary alicyclic amines) is 1. The van der Waals surface area contributed by atoms with Gasteiger partial charge in [0.25, 0.3) is 0 Å². The summed E-state index contributed by atoms with van der Waals surface area (Å²) in [6, 6.07) is 0.718. The Kier molecular flexibility index (Phi) is 2.52. The van der Waals surface area contributed by atoms with E-state index in [0.717, 1.165) is 11.5 Å². The first kappa shape index (κ1) is 10.1. The molecular weight excluding hydrogens is 186 g/mol. The van der Waals surface area contributed by atoms with Gasteiger partial charge in [-0.1, -0.05) is 19.3 Å². The van der Waals surface area contributed by atoms with E-state index in [0.29, 0.717) is 12.5 Å². The van der Waals surface area contributed by atoms with Gasteiger partial charge in [0.05, 0.1) is 0 Å². The van der Waals surface area contributed by atoms with Crippen molar-refractivity contribution in [3.8, 4) is 0 Å². The fourth-order valence-electron chi connectivity index (χ4n) is 3.92. The van der Waals surface area contributed by atoms with Crippen LogP contribution < -0.4 is 0 Å². The highest BCUT2D eigenvalue weighted by atomic mass is 16.3. The Hall–Kier alpha value is -0.0800. The van der Waals surface area contributed by atoms with E-state index >= 15 is 0 Å². The molecule has 2 atom stereocenters. The molecule has 0 amide bonds. The zero-order valence-electron chi connectivity index (χ0n) is 9.62. The van der Waals surface area contributed by atoms with Gasteiger partial charge in [0.15, 0.2) is 0 Å². The fraction of sp³-hybridized carbons (Fsp3) is 1.00.